The second kappa shape index (κ2) is 7.14. The van der Waals surface area contributed by atoms with Gasteiger partial charge < -0.3 is 14.9 Å². The lowest BCUT2D eigenvalue weighted by Crippen LogP contribution is -2.43. The number of unbranched alkanes of at least 4 members (excludes halogenated alkanes) is 1. The maximum absolute atomic E-state index is 11.5. The number of phenols is 1. The van der Waals surface area contributed by atoms with Gasteiger partial charge >= 0.3 is 5.97 Å². The van der Waals surface area contributed by atoms with Crippen LogP contribution in [0.15, 0.2) is 24.3 Å². The van der Waals surface area contributed by atoms with Gasteiger partial charge in [0.25, 0.3) is 0 Å². The molecule has 0 heterocycles. The topological polar surface area (TPSA) is 66.8 Å². The van der Waals surface area contributed by atoms with Crippen molar-refractivity contribution >= 4 is 5.97 Å². The highest BCUT2D eigenvalue weighted by molar-refractivity contribution is 5.78. The zero-order chi connectivity index (χ0) is 14.3. The number of benzene rings is 1. The molecule has 1 atom stereocenters. The average Bonchev–Trinajstić information content (AvgIpc) is 2.40. The third-order valence-corrected chi connectivity index (χ3v) is 3.26. The standard InChI is InChI=1S/C15H22O4/c1-3-5-10-19-15(4-2,14(17)18)11-12-6-8-13(16)9-7-12/h6-9,16H,3-5,10-11H2,1-2H3,(H,17,18). The molecule has 1 unspecified atom stereocenters. The molecule has 2 N–H and O–H groups in total. The van der Waals surface area contributed by atoms with Crippen molar-refractivity contribution in [2.75, 3.05) is 6.61 Å². The number of phenolic OH excluding ortho intramolecular Hbond substituents is 1. The number of aromatic hydroxyl groups is 1. The van der Waals surface area contributed by atoms with Crippen LogP contribution in [0.5, 0.6) is 5.75 Å². The van der Waals surface area contributed by atoms with Gasteiger partial charge in [-0.05, 0) is 30.5 Å². The lowest BCUT2D eigenvalue weighted by atomic mass is 9.91. The van der Waals surface area contributed by atoms with Gasteiger partial charge in [-0.3, -0.25) is 0 Å². The van der Waals surface area contributed by atoms with Crippen molar-refractivity contribution in [3.05, 3.63) is 29.8 Å². The Hall–Kier alpha value is -1.55. The van der Waals surface area contributed by atoms with Gasteiger partial charge in [-0.2, -0.15) is 0 Å². The number of hydrogen-bond acceptors (Lipinski definition) is 3. The molecular weight excluding hydrogens is 244 g/mol. The average molecular weight is 266 g/mol. The third kappa shape index (κ3) is 4.24. The first-order valence-corrected chi connectivity index (χ1v) is 6.69. The Labute approximate surface area is 114 Å². The van der Waals surface area contributed by atoms with E-state index in [-0.39, 0.29) is 5.75 Å². The summed E-state index contributed by atoms with van der Waals surface area (Å²) in [6, 6.07) is 6.57. The van der Waals surface area contributed by atoms with E-state index in [4.69, 9.17) is 4.74 Å². The van der Waals surface area contributed by atoms with E-state index >= 15 is 0 Å². The predicted molar refractivity (Wildman–Crippen MR) is 73.3 cm³/mol. The number of hydrogen-bond donors (Lipinski definition) is 2. The van der Waals surface area contributed by atoms with Crippen LogP contribution >= 0.6 is 0 Å². The molecule has 4 heteroatoms. The zero-order valence-electron chi connectivity index (χ0n) is 11.6. The summed E-state index contributed by atoms with van der Waals surface area (Å²) >= 11 is 0. The zero-order valence-corrected chi connectivity index (χ0v) is 11.6. The molecule has 0 aliphatic carbocycles. The quantitative estimate of drug-likeness (QED) is 0.710. The van der Waals surface area contributed by atoms with Crippen molar-refractivity contribution in [3.8, 4) is 5.75 Å². The molecule has 0 spiro atoms. The number of ether oxygens (including phenoxy) is 1. The van der Waals surface area contributed by atoms with Crippen molar-refractivity contribution < 1.29 is 19.7 Å². The number of rotatable bonds is 8. The van der Waals surface area contributed by atoms with Gasteiger partial charge in [-0.25, -0.2) is 4.79 Å². The van der Waals surface area contributed by atoms with Gasteiger partial charge in [-0.15, -0.1) is 0 Å². The van der Waals surface area contributed by atoms with Crippen LogP contribution in [0.3, 0.4) is 0 Å². The van der Waals surface area contributed by atoms with Gasteiger partial charge in [0.1, 0.15) is 5.75 Å². The van der Waals surface area contributed by atoms with Gasteiger partial charge in [0.05, 0.1) is 0 Å². The first kappa shape index (κ1) is 15.5. The molecule has 0 saturated heterocycles. The summed E-state index contributed by atoms with van der Waals surface area (Å²) in [4.78, 5) is 11.5. The number of carboxylic acids is 1. The molecular formula is C15H22O4. The SMILES string of the molecule is CCCCOC(CC)(Cc1ccc(O)cc1)C(=O)O. The second-order valence-electron chi connectivity index (χ2n) is 4.70. The molecule has 0 fully saturated rings. The first-order chi connectivity index (χ1) is 9.04. The van der Waals surface area contributed by atoms with Crippen LogP contribution in [0, 0.1) is 0 Å². The fourth-order valence-electron chi connectivity index (χ4n) is 1.92. The van der Waals surface area contributed by atoms with Crippen LogP contribution in [0.1, 0.15) is 38.7 Å². The maximum Gasteiger partial charge on any atom is 0.336 e. The summed E-state index contributed by atoms with van der Waals surface area (Å²) in [6.07, 6.45) is 2.54. The van der Waals surface area contributed by atoms with Gasteiger partial charge in [-0.1, -0.05) is 32.4 Å². The molecule has 1 rings (SSSR count). The second-order valence-corrected chi connectivity index (χ2v) is 4.70. The minimum Gasteiger partial charge on any atom is -0.508 e. The van der Waals surface area contributed by atoms with E-state index in [1.165, 1.54) is 0 Å². The Balaban J connectivity index is 2.83. The first-order valence-electron chi connectivity index (χ1n) is 6.69. The summed E-state index contributed by atoms with van der Waals surface area (Å²) in [6.45, 7) is 4.31. The Morgan fingerprint density at radius 2 is 1.89 bits per heavy atom. The fraction of sp³-hybridized carbons (Fsp3) is 0.533. The van der Waals surface area contributed by atoms with Gasteiger partial charge in [0.2, 0.25) is 0 Å². The van der Waals surface area contributed by atoms with Crippen LogP contribution in [0.4, 0.5) is 0 Å². The fourth-order valence-corrected chi connectivity index (χ4v) is 1.92. The van der Waals surface area contributed by atoms with Crippen LogP contribution in [0.25, 0.3) is 0 Å². The van der Waals surface area contributed by atoms with Crippen molar-refractivity contribution in [1.29, 1.82) is 0 Å². The van der Waals surface area contributed by atoms with Crippen LogP contribution in [-0.2, 0) is 16.0 Å². The van der Waals surface area contributed by atoms with E-state index in [1.807, 2.05) is 13.8 Å². The Bertz CT molecular complexity index is 399. The van der Waals surface area contributed by atoms with E-state index in [2.05, 4.69) is 0 Å². The lowest BCUT2D eigenvalue weighted by Gasteiger charge is -2.28. The summed E-state index contributed by atoms with van der Waals surface area (Å²) < 4.78 is 5.65. The molecule has 19 heavy (non-hydrogen) atoms. The molecule has 0 amide bonds. The molecule has 106 valence electrons. The van der Waals surface area contributed by atoms with Crippen LogP contribution in [-0.4, -0.2) is 28.4 Å². The minimum atomic E-state index is -1.17. The van der Waals surface area contributed by atoms with E-state index in [9.17, 15) is 15.0 Å². The van der Waals surface area contributed by atoms with Gasteiger partial charge in [0, 0.05) is 13.0 Å². The van der Waals surface area contributed by atoms with Crippen LogP contribution < -0.4 is 0 Å². The predicted octanol–water partition coefficient (Wildman–Crippen LogP) is 2.98. The summed E-state index contributed by atoms with van der Waals surface area (Å²) in [5.41, 5.74) is -0.329. The molecule has 0 radical (unpaired) electrons. The molecule has 0 aliphatic rings. The highest BCUT2D eigenvalue weighted by Crippen LogP contribution is 2.24. The van der Waals surface area contributed by atoms with Crippen molar-refractivity contribution in [2.24, 2.45) is 0 Å². The van der Waals surface area contributed by atoms with Crippen LogP contribution in [0.2, 0.25) is 0 Å². The largest absolute Gasteiger partial charge is 0.508 e. The monoisotopic (exact) mass is 266 g/mol. The Kier molecular flexibility index (Phi) is 5.83. The highest BCUT2D eigenvalue weighted by Gasteiger charge is 2.37. The smallest absolute Gasteiger partial charge is 0.336 e. The molecule has 0 bridgehead atoms. The number of carboxylic acid groups (broad SMARTS) is 1. The molecule has 0 aliphatic heterocycles. The van der Waals surface area contributed by atoms with Crippen molar-refractivity contribution in [3.63, 3.8) is 0 Å². The molecule has 0 aromatic heterocycles. The molecule has 1 aromatic rings. The van der Waals surface area contributed by atoms with Crippen molar-refractivity contribution in [1.82, 2.24) is 0 Å². The summed E-state index contributed by atoms with van der Waals surface area (Å²) in [5.74, 6) is -0.757. The van der Waals surface area contributed by atoms with E-state index in [0.29, 0.717) is 19.4 Å². The summed E-state index contributed by atoms with van der Waals surface area (Å²) in [5, 5.41) is 18.7. The number of aliphatic carboxylic acids is 1. The maximum atomic E-state index is 11.5. The van der Waals surface area contributed by atoms with Crippen molar-refractivity contribution in [2.45, 2.75) is 45.1 Å². The van der Waals surface area contributed by atoms with E-state index < -0.39 is 11.6 Å². The Morgan fingerprint density at radius 3 is 2.37 bits per heavy atom. The highest BCUT2D eigenvalue weighted by atomic mass is 16.5. The van der Waals surface area contributed by atoms with E-state index in [1.54, 1.807) is 24.3 Å². The normalized spacial score (nSPS) is 14.0. The lowest BCUT2D eigenvalue weighted by molar-refractivity contribution is -0.166. The molecule has 0 saturated carbocycles. The van der Waals surface area contributed by atoms with Gasteiger partial charge in [0.15, 0.2) is 5.60 Å². The number of carbonyl (C=O) groups is 1. The molecule has 4 nitrogen and oxygen atoms in total. The Morgan fingerprint density at radius 1 is 1.26 bits per heavy atom. The minimum absolute atomic E-state index is 0.174. The molecule has 1 aromatic carbocycles. The third-order valence-electron chi connectivity index (χ3n) is 3.26. The summed E-state index contributed by atoms with van der Waals surface area (Å²) in [7, 11) is 0. The van der Waals surface area contributed by atoms with E-state index in [0.717, 1.165) is 18.4 Å².